The molecular formula is C20H34N2Si. The highest BCUT2D eigenvalue weighted by Crippen LogP contribution is 2.39. The van der Waals surface area contributed by atoms with Crippen LogP contribution in [0.1, 0.15) is 64.1 Å². The number of allylic oxidation sites excluding steroid dienone is 1. The molecule has 2 unspecified atom stereocenters. The zero-order valence-corrected chi connectivity index (χ0v) is 17.0. The summed E-state index contributed by atoms with van der Waals surface area (Å²) in [6.45, 7) is 15.8. The van der Waals surface area contributed by atoms with E-state index in [0.717, 1.165) is 0 Å². The molecule has 0 spiro atoms. The fourth-order valence-corrected chi connectivity index (χ4v) is 6.64. The largest absolute Gasteiger partial charge is 0.371 e. The summed E-state index contributed by atoms with van der Waals surface area (Å²) in [6.07, 6.45) is 5.25. The molecule has 2 nitrogen and oxygen atoms in total. The van der Waals surface area contributed by atoms with Crippen LogP contribution in [-0.4, -0.2) is 32.5 Å². The minimum atomic E-state index is -1.05. The van der Waals surface area contributed by atoms with E-state index in [1.54, 1.807) is 5.56 Å². The van der Waals surface area contributed by atoms with Crippen molar-refractivity contribution in [2.75, 3.05) is 13.1 Å². The fourth-order valence-electron chi connectivity index (χ4n) is 3.79. The molecular weight excluding hydrogens is 296 g/mol. The van der Waals surface area contributed by atoms with Gasteiger partial charge in [-0.05, 0) is 39.2 Å². The number of nitrogens with zero attached hydrogens (tertiary/aromatic N) is 1. The van der Waals surface area contributed by atoms with Crippen LogP contribution in [0.2, 0.25) is 6.55 Å². The first-order valence-corrected chi connectivity index (χ1v) is 11.7. The molecule has 1 aromatic carbocycles. The maximum Gasteiger partial charge on any atom is 0.117 e. The number of hydrogen-bond donors (Lipinski definition) is 1. The van der Waals surface area contributed by atoms with Gasteiger partial charge in [0.05, 0.1) is 0 Å². The van der Waals surface area contributed by atoms with Gasteiger partial charge >= 0.3 is 0 Å². The molecule has 1 saturated heterocycles. The van der Waals surface area contributed by atoms with Crippen molar-refractivity contribution in [2.45, 2.75) is 65.1 Å². The van der Waals surface area contributed by atoms with Crippen LogP contribution in [-0.2, 0) is 0 Å². The number of rotatable bonds is 3. The molecule has 1 fully saturated rings. The average molecular weight is 331 g/mol. The van der Waals surface area contributed by atoms with Crippen molar-refractivity contribution in [1.82, 2.24) is 9.88 Å². The fraction of sp³-hybridized carbons (Fsp3) is 0.600. The van der Waals surface area contributed by atoms with Crippen molar-refractivity contribution >= 4 is 14.7 Å². The van der Waals surface area contributed by atoms with Crippen LogP contribution in [0.4, 0.5) is 0 Å². The molecule has 2 aliphatic rings. The lowest BCUT2D eigenvalue weighted by Crippen LogP contribution is -2.47. The summed E-state index contributed by atoms with van der Waals surface area (Å²) in [5.41, 5.74) is 5.37. The predicted molar refractivity (Wildman–Crippen MR) is 105 cm³/mol. The van der Waals surface area contributed by atoms with E-state index in [1.807, 2.05) is 13.8 Å². The van der Waals surface area contributed by atoms with E-state index in [1.165, 1.54) is 37.2 Å². The molecule has 1 heterocycles. The van der Waals surface area contributed by atoms with E-state index in [9.17, 15) is 0 Å². The molecule has 1 aliphatic heterocycles. The highest BCUT2D eigenvalue weighted by Gasteiger charge is 2.32. The molecule has 0 amide bonds. The van der Waals surface area contributed by atoms with Crippen LogP contribution in [0.3, 0.4) is 0 Å². The third-order valence-corrected chi connectivity index (χ3v) is 7.53. The van der Waals surface area contributed by atoms with Gasteiger partial charge in [0, 0.05) is 35.4 Å². The second kappa shape index (κ2) is 7.67. The summed E-state index contributed by atoms with van der Waals surface area (Å²) < 4.78 is 0. The van der Waals surface area contributed by atoms with Crippen LogP contribution in [0.15, 0.2) is 30.3 Å². The monoisotopic (exact) mass is 330 g/mol. The molecule has 128 valence electrons. The Kier molecular flexibility index (Phi) is 6.10. The zero-order chi connectivity index (χ0) is 17.0. The summed E-state index contributed by atoms with van der Waals surface area (Å²) in [7, 11) is -1.05. The van der Waals surface area contributed by atoms with E-state index in [2.05, 4.69) is 67.5 Å². The molecule has 2 atom stereocenters. The quantitative estimate of drug-likeness (QED) is 0.819. The van der Waals surface area contributed by atoms with E-state index in [4.69, 9.17) is 0 Å². The van der Waals surface area contributed by atoms with Crippen LogP contribution in [0.5, 0.6) is 0 Å². The Labute approximate surface area is 144 Å². The standard InChI is InChI=1S/C18H28N2Si.C2H6/c1-18(2,3)19-21(4)17-13-16(20-11-7-8-12-20)14-9-5-6-10-15(14)17;1-2/h5-6,9-10,13,17,19,21H,7-8,11-12H2,1-4H3;1-2H3. The SMILES string of the molecule is CC.C[SiH](NC(C)(C)C)C1C=C(N2CCCC2)c2ccccc21. The van der Waals surface area contributed by atoms with Gasteiger partial charge in [-0.2, -0.15) is 0 Å². The molecule has 1 aliphatic carbocycles. The molecule has 3 heteroatoms. The van der Waals surface area contributed by atoms with E-state index in [-0.39, 0.29) is 5.54 Å². The van der Waals surface area contributed by atoms with Crippen molar-refractivity contribution in [3.05, 3.63) is 41.5 Å². The topological polar surface area (TPSA) is 15.3 Å². The minimum Gasteiger partial charge on any atom is -0.371 e. The Hall–Kier alpha value is -1.06. The Balaban J connectivity index is 0.000000924. The second-order valence-electron chi connectivity index (χ2n) is 7.54. The van der Waals surface area contributed by atoms with Gasteiger partial charge in [0.2, 0.25) is 0 Å². The highest BCUT2D eigenvalue weighted by molar-refractivity contribution is 6.57. The predicted octanol–water partition coefficient (Wildman–Crippen LogP) is 4.53. The van der Waals surface area contributed by atoms with Crippen molar-refractivity contribution in [3.63, 3.8) is 0 Å². The van der Waals surface area contributed by atoms with Crippen molar-refractivity contribution in [3.8, 4) is 0 Å². The van der Waals surface area contributed by atoms with Crippen LogP contribution in [0, 0.1) is 0 Å². The summed E-state index contributed by atoms with van der Waals surface area (Å²) in [4.78, 5) is 6.48. The first kappa shape index (κ1) is 18.3. The molecule has 23 heavy (non-hydrogen) atoms. The highest BCUT2D eigenvalue weighted by atomic mass is 28.3. The van der Waals surface area contributed by atoms with E-state index >= 15 is 0 Å². The maximum absolute atomic E-state index is 3.89. The molecule has 0 bridgehead atoms. The Morgan fingerprint density at radius 1 is 1.09 bits per heavy atom. The van der Waals surface area contributed by atoms with Gasteiger partial charge in [-0.15, -0.1) is 0 Å². The lowest BCUT2D eigenvalue weighted by molar-refractivity contribution is 0.493. The lowest BCUT2D eigenvalue weighted by Gasteiger charge is -2.28. The van der Waals surface area contributed by atoms with Gasteiger partial charge < -0.3 is 9.88 Å². The zero-order valence-electron chi connectivity index (χ0n) is 15.8. The number of fused-ring (bicyclic) bond motifs is 1. The molecule has 3 rings (SSSR count). The van der Waals surface area contributed by atoms with Gasteiger partial charge in [0.25, 0.3) is 0 Å². The van der Waals surface area contributed by atoms with Crippen molar-refractivity contribution in [1.29, 1.82) is 0 Å². The number of hydrogen-bond acceptors (Lipinski definition) is 2. The molecule has 1 aromatic rings. The van der Waals surface area contributed by atoms with Gasteiger partial charge in [0.15, 0.2) is 0 Å². The van der Waals surface area contributed by atoms with Crippen LogP contribution in [0.25, 0.3) is 5.70 Å². The van der Waals surface area contributed by atoms with Gasteiger partial charge in [-0.3, -0.25) is 0 Å². The number of nitrogens with one attached hydrogen (secondary N) is 1. The van der Waals surface area contributed by atoms with Crippen LogP contribution < -0.4 is 4.98 Å². The van der Waals surface area contributed by atoms with Crippen molar-refractivity contribution < 1.29 is 0 Å². The summed E-state index contributed by atoms with van der Waals surface area (Å²) >= 11 is 0. The second-order valence-corrected chi connectivity index (χ2v) is 10.1. The number of benzene rings is 1. The van der Waals surface area contributed by atoms with Gasteiger partial charge in [-0.25, -0.2) is 0 Å². The van der Waals surface area contributed by atoms with Crippen LogP contribution >= 0.6 is 0 Å². The summed E-state index contributed by atoms with van der Waals surface area (Å²) in [6, 6.07) is 9.05. The molecule has 0 aromatic heterocycles. The Bertz CT molecular complexity index is 539. The molecule has 0 saturated carbocycles. The Morgan fingerprint density at radius 2 is 1.70 bits per heavy atom. The average Bonchev–Trinajstić information content (AvgIpc) is 3.14. The maximum atomic E-state index is 3.89. The first-order chi connectivity index (χ1) is 11.0. The van der Waals surface area contributed by atoms with Gasteiger partial charge in [-0.1, -0.05) is 50.7 Å². The van der Waals surface area contributed by atoms with E-state index in [0.29, 0.717) is 5.54 Å². The van der Waals surface area contributed by atoms with Crippen molar-refractivity contribution in [2.24, 2.45) is 0 Å². The summed E-state index contributed by atoms with van der Waals surface area (Å²) in [5.74, 6) is 0. The third-order valence-electron chi connectivity index (χ3n) is 4.58. The molecule has 0 radical (unpaired) electrons. The van der Waals surface area contributed by atoms with Gasteiger partial charge in [0.1, 0.15) is 8.96 Å². The molecule has 1 N–H and O–H groups in total. The summed E-state index contributed by atoms with van der Waals surface area (Å²) in [5, 5.41) is 0. The number of likely N-dealkylation sites (tertiary alicyclic amines) is 1. The smallest absolute Gasteiger partial charge is 0.117 e. The first-order valence-electron chi connectivity index (χ1n) is 9.29. The van der Waals surface area contributed by atoms with E-state index < -0.39 is 8.96 Å². The normalized spacial score (nSPS) is 21.4. The third kappa shape index (κ3) is 4.27. The lowest BCUT2D eigenvalue weighted by atomic mass is 10.1. The minimum absolute atomic E-state index is 0.213. The Morgan fingerprint density at radius 3 is 2.30 bits per heavy atom.